The molecule has 1 atom stereocenters. The summed E-state index contributed by atoms with van der Waals surface area (Å²) < 4.78 is 7.07. The molecular weight excluding hydrogens is 292 g/mol. The van der Waals surface area contributed by atoms with Crippen LogP contribution in [-0.2, 0) is 0 Å². The van der Waals surface area contributed by atoms with E-state index in [0.717, 1.165) is 24.4 Å². The second-order valence-electron chi connectivity index (χ2n) is 6.32. The third-order valence-corrected chi connectivity index (χ3v) is 4.69. The van der Waals surface area contributed by atoms with Crippen molar-refractivity contribution in [3.63, 3.8) is 0 Å². The first-order chi connectivity index (χ1) is 11.2. The Hall–Kier alpha value is -2.37. The van der Waals surface area contributed by atoms with E-state index in [0.29, 0.717) is 18.0 Å². The third-order valence-electron chi connectivity index (χ3n) is 4.69. The molecule has 1 aliphatic carbocycles. The molecule has 6 nitrogen and oxygen atoms in total. The topological polar surface area (TPSA) is 60.2 Å². The maximum atomic E-state index is 12.6. The van der Waals surface area contributed by atoms with Crippen LogP contribution in [0.5, 0.6) is 5.75 Å². The molecule has 1 amide bonds. The van der Waals surface area contributed by atoms with Crippen LogP contribution in [0.3, 0.4) is 0 Å². The molecule has 1 aromatic carbocycles. The summed E-state index contributed by atoms with van der Waals surface area (Å²) >= 11 is 0. The van der Waals surface area contributed by atoms with Gasteiger partial charge in [0.05, 0.1) is 18.8 Å². The number of benzene rings is 1. The SMILES string of the molecule is COc1ccc(C(=O)N2CCC(n3cc(C4CC4)nn3)C2)cc1. The minimum Gasteiger partial charge on any atom is -0.497 e. The van der Waals surface area contributed by atoms with Crippen LogP contribution in [0.4, 0.5) is 0 Å². The van der Waals surface area contributed by atoms with Gasteiger partial charge in [0, 0.05) is 30.8 Å². The van der Waals surface area contributed by atoms with E-state index >= 15 is 0 Å². The predicted molar refractivity (Wildman–Crippen MR) is 84.5 cm³/mol. The van der Waals surface area contributed by atoms with Gasteiger partial charge in [-0.3, -0.25) is 4.79 Å². The molecule has 1 aliphatic heterocycles. The monoisotopic (exact) mass is 312 g/mol. The fourth-order valence-corrected chi connectivity index (χ4v) is 3.09. The molecule has 1 saturated heterocycles. The zero-order chi connectivity index (χ0) is 15.8. The molecule has 2 fully saturated rings. The van der Waals surface area contributed by atoms with Crippen molar-refractivity contribution in [3.8, 4) is 5.75 Å². The molecule has 0 bridgehead atoms. The second-order valence-corrected chi connectivity index (χ2v) is 6.32. The molecule has 2 heterocycles. The largest absolute Gasteiger partial charge is 0.497 e. The summed E-state index contributed by atoms with van der Waals surface area (Å²) in [6.07, 6.45) is 5.44. The zero-order valence-electron chi connectivity index (χ0n) is 13.2. The molecule has 6 heteroatoms. The minimum atomic E-state index is 0.0673. The molecule has 2 aromatic rings. The Morgan fingerprint density at radius 1 is 1.22 bits per heavy atom. The van der Waals surface area contributed by atoms with E-state index in [2.05, 4.69) is 16.5 Å². The van der Waals surface area contributed by atoms with Gasteiger partial charge in [-0.1, -0.05) is 5.21 Å². The fourth-order valence-electron chi connectivity index (χ4n) is 3.09. The average Bonchev–Trinajstić information content (AvgIpc) is 3.13. The Balaban J connectivity index is 1.43. The standard InChI is InChI=1S/C17H20N4O2/c1-23-15-6-4-13(5-7-15)17(22)20-9-8-14(10-20)21-11-16(18-19-21)12-2-3-12/h4-7,11-12,14H,2-3,8-10H2,1H3. The Morgan fingerprint density at radius 3 is 2.70 bits per heavy atom. The minimum absolute atomic E-state index is 0.0673. The molecule has 4 rings (SSSR count). The molecule has 1 aromatic heterocycles. The van der Waals surface area contributed by atoms with Crippen molar-refractivity contribution in [2.75, 3.05) is 20.2 Å². The third kappa shape index (κ3) is 2.81. The van der Waals surface area contributed by atoms with Crippen molar-refractivity contribution in [3.05, 3.63) is 41.7 Å². The van der Waals surface area contributed by atoms with Crippen LogP contribution in [0.15, 0.2) is 30.5 Å². The van der Waals surface area contributed by atoms with E-state index in [1.165, 1.54) is 12.8 Å². The highest BCUT2D eigenvalue weighted by molar-refractivity contribution is 5.94. The molecule has 0 N–H and O–H groups in total. The summed E-state index contributed by atoms with van der Waals surface area (Å²) in [4.78, 5) is 14.5. The molecule has 0 spiro atoms. The molecule has 0 radical (unpaired) electrons. The average molecular weight is 312 g/mol. The van der Waals surface area contributed by atoms with Crippen molar-refractivity contribution < 1.29 is 9.53 Å². The highest BCUT2D eigenvalue weighted by atomic mass is 16.5. The highest BCUT2D eigenvalue weighted by Gasteiger charge is 2.31. The number of hydrogen-bond acceptors (Lipinski definition) is 4. The van der Waals surface area contributed by atoms with Crippen LogP contribution >= 0.6 is 0 Å². The molecule has 1 unspecified atom stereocenters. The van der Waals surface area contributed by atoms with Gasteiger partial charge < -0.3 is 9.64 Å². The first-order valence-corrected chi connectivity index (χ1v) is 8.09. The molecular formula is C17H20N4O2. The fraction of sp³-hybridized carbons (Fsp3) is 0.471. The summed E-state index contributed by atoms with van der Waals surface area (Å²) in [5.41, 5.74) is 1.80. The quantitative estimate of drug-likeness (QED) is 0.869. The number of carbonyl (C=O) groups excluding carboxylic acids is 1. The van der Waals surface area contributed by atoms with Crippen molar-refractivity contribution >= 4 is 5.91 Å². The first kappa shape index (κ1) is 14.2. The molecule has 2 aliphatic rings. The van der Waals surface area contributed by atoms with Gasteiger partial charge in [0.15, 0.2) is 0 Å². The van der Waals surface area contributed by atoms with Crippen LogP contribution in [0.25, 0.3) is 0 Å². The zero-order valence-corrected chi connectivity index (χ0v) is 13.2. The normalized spacial score (nSPS) is 20.7. The lowest BCUT2D eigenvalue weighted by molar-refractivity contribution is 0.0787. The number of rotatable bonds is 4. The van der Waals surface area contributed by atoms with Gasteiger partial charge in [0.1, 0.15) is 5.75 Å². The lowest BCUT2D eigenvalue weighted by atomic mass is 10.2. The lowest BCUT2D eigenvalue weighted by Crippen LogP contribution is -2.29. The maximum absolute atomic E-state index is 12.6. The summed E-state index contributed by atoms with van der Waals surface area (Å²) in [7, 11) is 1.62. The van der Waals surface area contributed by atoms with Crippen molar-refractivity contribution in [2.45, 2.75) is 31.2 Å². The van der Waals surface area contributed by atoms with Gasteiger partial charge >= 0.3 is 0 Å². The first-order valence-electron chi connectivity index (χ1n) is 8.09. The summed E-state index contributed by atoms with van der Waals surface area (Å²) in [5.74, 6) is 1.44. The summed E-state index contributed by atoms with van der Waals surface area (Å²) in [6, 6.07) is 7.50. The number of amides is 1. The van der Waals surface area contributed by atoms with Gasteiger partial charge in [-0.2, -0.15) is 0 Å². The van der Waals surface area contributed by atoms with Crippen LogP contribution in [0.1, 0.15) is 47.3 Å². The summed E-state index contributed by atoms with van der Waals surface area (Å²) in [5, 5.41) is 8.53. The Labute approximate surface area is 135 Å². The van der Waals surface area contributed by atoms with E-state index in [1.54, 1.807) is 7.11 Å². The van der Waals surface area contributed by atoms with Crippen LogP contribution in [0.2, 0.25) is 0 Å². The highest BCUT2D eigenvalue weighted by Crippen LogP contribution is 2.39. The Bertz CT molecular complexity index is 706. The van der Waals surface area contributed by atoms with Gasteiger partial charge in [-0.15, -0.1) is 5.10 Å². The van der Waals surface area contributed by atoms with E-state index in [4.69, 9.17) is 4.74 Å². The van der Waals surface area contributed by atoms with E-state index in [9.17, 15) is 4.79 Å². The van der Waals surface area contributed by atoms with Gasteiger partial charge in [0.25, 0.3) is 5.91 Å². The molecule has 120 valence electrons. The van der Waals surface area contributed by atoms with E-state index < -0.39 is 0 Å². The number of ether oxygens (including phenoxy) is 1. The maximum Gasteiger partial charge on any atom is 0.253 e. The lowest BCUT2D eigenvalue weighted by Gasteiger charge is -2.16. The number of likely N-dealkylation sites (tertiary alicyclic amines) is 1. The number of nitrogens with zero attached hydrogens (tertiary/aromatic N) is 4. The van der Waals surface area contributed by atoms with Crippen LogP contribution in [0, 0.1) is 0 Å². The number of aromatic nitrogens is 3. The molecule has 1 saturated carbocycles. The molecule has 23 heavy (non-hydrogen) atoms. The smallest absolute Gasteiger partial charge is 0.253 e. The van der Waals surface area contributed by atoms with E-state index in [1.807, 2.05) is 33.8 Å². The van der Waals surface area contributed by atoms with Crippen molar-refractivity contribution in [1.82, 2.24) is 19.9 Å². The van der Waals surface area contributed by atoms with Gasteiger partial charge in [-0.05, 0) is 43.5 Å². The van der Waals surface area contributed by atoms with Crippen LogP contribution in [-0.4, -0.2) is 46.0 Å². The Morgan fingerprint density at radius 2 is 2.00 bits per heavy atom. The Kier molecular flexibility index (Phi) is 3.52. The van der Waals surface area contributed by atoms with E-state index in [-0.39, 0.29) is 11.9 Å². The second kappa shape index (κ2) is 5.68. The predicted octanol–water partition coefficient (Wildman–Crippen LogP) is 2.25. The van der Waals surface area contributed by atoms with Crippen molar-refractivity contribution in [1.29, 1.82) is 0 Å². The number of hydrogen-bond donors (Lipinski definition) is 0. The van der Waals surface area contributed by atoms with Crippen molar-refractivity contribution in [2.24, 2.45) is 0 Å². The van der Waals surface area contributed by atoms with Crippen LogP contribution < -0.4 is 4.74 Å². The van der Waals surface area contributed by atoms with Gasteiger partial charge in [-0.25, -0.2) is 4.68 Å². The van der Waals surface area contributed by atoms with Gasteiger partial charge in [0.2, 0.25) is 0 Å². The number of carbonyl (C=O) groups is 1. The summed E-state index contributed by atoms with van der Waals surface area (Å²) in [6.45, 7) is 1.45. The number of methoxy groups -OCH3 is 1.